The summed E-state index contributed by atoms with van der Waals surface area (Å²) >= 11 is 0. The molecular weight excluding hydrogens is 373 g/mol. The lowest BCUT2D eigenvalue weighted by Crippen LogP contribution is -2.16. The van der Waals surface area contributed by atoms with Crippen LogP contribution < -0.4 is 4.74 Å². The number of rotatable bonds is 13. The normalized spacial score (nSPS) is 11.9. The van der Waals surface area contributed by atoms with Crippen LogP contribution in [-0.2, 0) is 14.3 Å². The van der Waals surface area contributed by atoms with Crippen LogP contribution in [0.15, 0.2) is 12.1 Å². The molecule has 0 spiro atoms. The predicted octanol–water partition coefficient (Wildman–Crippen LogP) is 5.86. The number of hydrogen-bond donors (Lipinski definition) is 0. The molecule has 0 N–H and O–H groups in total. The van der Waals surface area contributed by atoms with Gasteiger partial charge in [-0.1, -0.05) is 39.0 Å². The molecule has 0 saturated carbocycles. The molecule has 0 heterocycles. The van der Waals surface area contributed by atoms with Crippen LogP contribution in [0.1, 0.15) is 78.1 Å². The molecule has 4 nitrogen and oxygen atoms in total. The highest BCUT2D eigenvalue weighted by Gasteiger charge is 2.17. The highest BCUT2D eigenvalue weighted by molar-refractivity contribution is 5.74. The van der Waals surface area contributed by atoms with Gasteiger partial charge in [-0.3, -0.25) is 9.59 Å². The minimum atomic E-state index is -1.70. The lowest BCUT2D eigenvalue weighted by molar-refractivity contribution is -0.148. The molecule has 0 radical (unpaired) electrons. The van der Waals surface area contributed by atoms with Gasteiger partial charge in [-0.25, -0.2) is 8.78 Å². The zero-order valence-electron chi connectivity index (χ0n) is 16.6. The summed E-state index contributed by atoms with van der Waals surface area (Å²) in [6.07, 6.45) is 7.63. The van der Waals surface area contributed by atoms with Crippen molar-refractivity contribution in [3.8, 4) is 5.75 Å². The van der Waals surface area contributed by atoms with Gasteiger partial charge in [-0.15, -0.1) is 0 Å². The molecule has 28 heavy (non-hydrogen) atoms. The van der Waals surface area contributed by atoms with Crippen molar-refractivity contribution in [2.24, 2.45) is 0 Å². The summed E-state index contributed by atoms with van der Waals surface area (Å²) in [5.41, 5.74) is 0. The smallest absolute Gasteiger partial charge is 0.311 e. The van der Waals surface area contributed by atoms with Crippen LogP contribution in [0.25, 0.3) is 0 Å². The van der Waals surface area contributed by atoms with Crippen LogP contribution in [0.5, 0.6) is 5.75 Å². The molecule has 1 rings (SSSR count). The molecule has 0 saturated heterocycles. The Morgan fingerprint density at radius 3 is 2.25 bits per heavy atom. The van der Waals surface area contributed by atoms with E-state index in [1.165, 1.54) is 25.7 Å². The zero-order valence-corrected chi connectivity index (χ0v) is 16.6. The molecule has 0 fully saturated rings. The van der Waals surface area contributed by atoms with Crippen molar-refractivity contribution in [1.82, 2.24) is 0 Å². The van der Waals surface area contributed by atoms with Crippen molar-refractivity contribution in [3.63, 3.8) is 0 Å². The topological polar surface area (TPSA) is 52.6 Å². The second-order valence-electron chi connectivity index (χ2n) is 6.86. The van der Waals surface area contributed by atoms with E-state index in [2.05, 4.69) is 11.7 Å². The highest BCUT2D eigenvalue weighted by atomic mass is 19.2. The van der Waals surface area contributed by atoms with Gasteiger partial charge >= 0.3 is 11.9 Å². The van der Waals surface area contributed by atoms with Crippen molar-refractivity contribution in [2.45, 2.75) is 84.2 Å². The van der Waals surface area contributed by atoms with Gasteiger partial charge in [0, 0.05) is 12.8 Å². The number of hydrogen-bond acceptors (Lipinski definition) is 4. The highest BCUT2D eigenvalue weighted by Crippen LogP contribution is 2.22. The zero-order chi connectivity index (χ0) is 20.9. The second kappa shape index (κ2) is 13.2. The van der Waals surface area contributed by atoms with Gasteiger partial charge in [-0.2, -0.15) is 4.39 Å². The third-order valence-electron chi connectivity index (χ3n) is 4.28. The van der Waals surface area contributed by atoms with Crippen LogP contribution in [-0.4, -0.2) is 18.0 Å². The minimum absolute atomic E-state index is 0.0240. The number of carbonyl (C=O) groups is 2. The van der Waals surface area contributed by atoms with Gasteiger partial charge in [0.05, 0.1) is 6.10 Å². The van der Waals surface area contributed by atoms with Crippen molar-refractivity contribution < 1.29 is 32.2 Å². The number of benzene rings is 1. The Hall–Kier alpha value is -2.05. The molecule has 1 aromatic rings. The van der Waals surface area contributed by atoms with Crippen molar-refractivity contribution in [3.05, 3.63) is 29.6 Å². The average molecular weight is 402 g/mol. The van der Waals surface area contributed by atoms with E-state index < -0.39 is 35.1 Å². The maximum absolute atomic E-state index is 13.4. The number of halogens is 3. The van der Waals surface area contributed by atoms with Crippen LogP contribution in [0, 0.1) is 17.5 Å². The van der Waals surface area contributed by atoms with E-state index >= 15 is 0 Å². The van der Waals surface area contributed by atoms with Gasteiger partial charge < -0.3 is 9.47 Å². The molecule has 0 aromatic heterocycles. The Morgan fingerprint density at radius 1 is 0.893 bits per heavy atom. The predicted molar refractivity (Wildman–Crippen MR) is 99.3 cm³/mol. The largest absolute Gasteiger partial charge is 0.463 e. The van der Waals surface area contributed by atoms with E-state index in [4.69, 9.17) is 4.74 Å². The van der Waals surface area contributed by atoms with Gasteiger partial charge in [-0.05, 0) is 38.3 Å². The van der Waals surface area contributed by atoms with Crippen molar-refractivity contribution >= 4 is 11.9 Å². The van der Waals surface area contributed by atoms with E-state index in [9.17, 15) is 22.8 Å². The lowest BCUT2D eigenvalue weighted by Gasteiger charge is -2.13. The SMILES string of the molecule is CCCCCCCCC(C)OC(=O)CCCC(=O)Oc1ccc(F)c(F)c1F. The maximum atomic E-state index is 13.4. The average Bonchev–Trinajstić information content (AvgIpc) is 2.65. The second-order valence-corrected chi connectivity index (χ2v) is 6.86. The molecular formula is C21H29F3O4. The molecule has 1 aromatic carbocycles. The summed E-state index contributed by atoms with van der Waals surface area (Å²) in [5.74, 6) is -6.55. The van der Waals surface area contributed by atoms with Crippen LogP contribution >= 0.6 is 0 Å². The molecule has 0 aliphatic heterocycles. The number of ether oxygens (including phenoxy) is 2. The standard InChI is InChI=1S/C21H29F3O4/c1-3-4-5-6-7-8-10-15(2)27-18(25)11-9-12-19(26)28-17-14-13-16(22)20(23)21(17)24/h13-15H,3-12H2,1-2H3. The number of esters is 2. The first kappa shape index (κ1) is 24.0. The number of unbranched alkanes of at least 4 members (excludes halogenated alkanes) is 5. The van der Waals surface area contributed by atoms with Gasteiger partial charge in [0.2, 0.25) is 5.82 Å². The van der Waals surface area contributed by atoms with Crippen LogP contribution in [0.4, 0.5) is 13.2 Å². The van der Waals surface area contributed by atoms with E-state index in [0.717, 1.165) is 25.3 Å². The Bertz CT molecular complexity index is 634. The van der Waals surface area contributed by atoms with E-state index in [-0.39, 0.29) is 25.4 Å². The Labute approximate surface area is 164 Å². The summed E-state index contributed by atoms with van der Waals surface area (Å²) < 4.78 is 49.3. The minimum Gasteiger partial charge on any atom is -0.463 e. The molecule has 1 atom stereocenters. The first-order valence-corrected chi connectivity index (χ1v) is 9.88. The lowest BCUT2D eigenvalue weighted by atomic mass is 10.1. The first-order chi connectivity index (χ1) is 13.3. The molecule has 1 unspecified atom stereocenters. The van der Waals surface area contributed by atoms with Gasteiger partial charge in [0.25, 0.3) is 0 Å². The quantitative estimate of drug-likeness (QED) is 0.179. The van der Waals surface area contributed by atoms with Crippen LogP contribution in [0.2, 0.25) is 0 Å². The number of carbonyl (C=O) groups excluding carboxylic acids is 2. The van der Waals surface area contributed by atoms with E-state index in [0.29, 0.717) is 6.07 Å². The monoisotopic (exact) mass is 402 g/mol. The van der Waals surface area contributed by atoms with Crippen molar-refractivity contribution in [1.29, 1.82) is 0 Å². The first-order valence-electron chi connectivity index (χ1n) is 9.88. The maximum Gasteiger partial charge on any atom is 0.311 e. The fourth-order valence-electron chi connectivity index (χ4n) is 2.69. The third kappa shape index (κ3) is 9.24. The fraction of sp³-hybridized carbons (Fsp3) is 0.619. The summed E-state index contributed by atoms with van der Waals surface area (Å²) in [6.45, 7) is 4.01. The Kier molecular flexibility index (Phi) is 11.3. The molecule has 0 aliphatic carbocycles. The molecule has 158 valence electrons. The summed E-state index contributed by atoms with van der Waals surface area (Å²) in [7, 11) is 0. The summed E-state index contributed by atoms with van der Waals surface area (Å²) in [5, 5.41) is 0. The van der Waals surface area contributed by atoms with E-state index in [1.807, 2.05) is 6.92 Å². The molecule has 0 aliphatic rings. The molecule has 0 bridgehead atoms. The fourth-order valence-corrected chi connectivity index (χ4v) is 2.69. The third-order valence-corrected chi connectivity index (χ3v) is 4.28. The molecule has 0 amide bonds. The Balaban J connectivity index is 2.20. The molecule has 7 heteroatoms. The van der Waals surface area contributed by atoms with Crippen LogP contribution in [0.3, 0.4) is 0 Å². The van der Waals surface area contributed by atoms with Gasteiger partial charge in [0.1, 0.15) is 0 Å². The summed E-state index contributed by atoms with van der Waals surface area (Å²) in [4.78, 5) is 23.4. The van der Waals surface area contributed by atoms with E-state index in [1.54, 1.807) is 0 Å². The Morgan fingerprint density at radius 2 is 1.54 bits per heavy atom. The van der Waals surface area contributed by atoms with Gasteiger partial charge in [0.15, 0.2) is 17.4 Å². The van der Waals surface area contributed by atoms with Crippen molar-refractivity contribution in [2.75, 3.05) is 0 Å². The summed E-state index contributed by atoms with van der Waals surface area (Å²) in [6, 6.07) is 1.51.